The predicted molar refractivity (Wildman–Crippen MR) is 47.3 cm³/mol. The van der Waals surface area contributed by atoms with E-state index in [1.807, 2.05) is 7.05 Å². The van der Waals surface area contributed by atoms with Crippen LogP contribution in [0.25, 0.3) is 0 Å². The average molecular weight is 143 g/mol. The van der Waals surface area contributed by atoms with Gasteiger partial charge in [-0.15, -0.1) is 0 Å². The van der Waals surface area contributed by atoms with Crippen molar-refractivity contribution in [2.75, 3.05) is 26.8 Å². The topological polar surface area (TPSA) is 21.3 Å². The summed E-state index contributed by atoms with van der Waals surface area (Å²) in [5, 5.41) is 3.10. The average Bonchev–Trinajstić information content (AvgIpc) is 1.97. The highest BCUT2D eigenvalue weighted by Gasteiger charge is 1.86. The van der Waals surface area contributed by atoms with Crippen LogP contribution in [0.2, 0.25) is 6.32 Å². The number of hydrogen-bond acceptors (Lipinski definition) is 2. The van der Waals surface area contributed by atoms with E-state index in [0.717, 1.165) is 26.1 Å². The summed E-state index contributed by atoms with van der Waals surface area (Å²) in [5.41, 5.74) is 0. The van der Waals surface area contributed by atoms with Crippen LogP contribution in [0, 0.1) is 0 Å². The second-order valence-corrected chi connectivity index (χ2v) is 2.42. The van der Waals surface area contributed by atoms with E-state index in [2.05, 4.69) is 13.2 Å². The lowest BCUT2D eigenvalue weighted by Crippen LogP contribution is -2.08. The second kappa shape index (κ2) is 8.98. The Bertz CT molecular complexity index is 53.6. The van der Waals surface area contributed by atoms with E-state index in [-0.39, 0.29) is 0 Å². The molecule has 1 N–H and O–H groups in total. The van der Waals surface area contributed by atoms with E-state index >= 15 is 0 Å². The monoisotopic (exact) mass is 143 g/mol. The van der Waals surface area contributed by atoms with Crippen molar-refractivity contribution in [3.63, 3.8) is 0 Å². The van der Waals surface area contributed by atoms with Crippen LogP contribution in [0.3, 0.4) is 0 Å². The molecule has 0 rings (SSSR count). The lowest BCUT2D eigenvalue weighted by Gasteiger charge is -2.01. The SMILES string of the molecule is BCCOCCCCNC. The summed E-state index contributed by atoms with van der Waals surface area (Å²) in [6, 6.07) is 0. The third kappa shape index (κ3) is 7.98. The first kappa shape index (κ1) is 9.98. The van der Waals surface area contributed by atoms with Crippen molar-refractivity contribution >= 4 is 7.85 Å². The molecule has 0 aromatic rings. The predicted octanol–water partition coefficient (Wildman–Crippen LogP) is 0.0540. The van der Waals surface area contributed by atoms with Crippen LogP contribution in [-0.4, -0.2) is 34.7 Å². The molecule has 0 saturated carbocycles. The van der Waals surface area contributed by atoms with Crippen molar-refractivity contribution in [2.24, 2.45) is 0 Å². The summed E-state index contributed by atoms with van der Waals surface area (Å²) in [5.74, 6) is 0. The number of rotatable bonds is 7. The summed E-state index contributed by atoms with van der Waals surface area (Å²) < 4.78 is 5.30. The van der Waals surface area contributed by atoms with Gasteiger partial charge in [0, 0.05) is 13.2 Å². The maximum absolute atomic E-state index is 5.30. The summed E-state index contributed by atoms with van der Waals surface area (Å²) in [4.78, 5) is 0. The normalized spacial score (nSPS) is 10.1. The molecule has 0 heterocycles. The van der Waals surface area contributed by atoms with E-state index in [9.17, 15) is 0 Å². The zero-order valence-corrected chi connectivity index (χ0v) is 7.15. The molecule has 0 saturated heterocycles. The van der Waals surface area contributed by atoms with Crippen molar-refractivity contribution in [2.45, 2.75) is 19.2 Å². The Morgan fingerprint density at radius 1 is 1.30 bits per heavy atom. The highest BCUT2D eigenvalue weighted by atomic mass is 16.5. The van der Waals surface area contributed by atoms with Gasteiger partial charge in [0.15, 0.2) is 0 Å². The van der Waals surface area contributed by atoms with E-state index < -0.39 is 0 Å². The summed E-state index contributed by atoms with van der Waals surface area (Å²) in [6.45, 7) is 2.95. The minimum Gasteiger partial charge on any atom is -0.382 e. The number of ether oxygens (including phenoxy) is 1. The Labute approximate surface area is 64.7 Å². The molecule has 0 spiro atoms. The quantitative estimate of drug-likeness (QED) is 0.401. The molecule has 0 unspecified atom stereocenters. The highest BCUT2D eigenvalue weighted by Crippen LogP contribution is 1.88. The number of unbranched alkanes of at least 4 members (excludes halogenated alkanes) is 1. The van der Waals surface area contributed by atoms with Crippen LogP contribution < -0.4 is 5.32 Å². The molecular weight excluding hydrogens is 125 g/mol. The van der Waals surface area contributed by atoms with Crippen molar-refractivity contribution in [1.29, 1.82) is 0 Å². The molecule has 0 aromatic heterocycles. The molecule has 0 fully saturated rings. The minimum atomic E-state index is 0.916. The zero-order chi connectivity index (χ0) is 7.66. The lowest BCUT2D eigenvalue weighted by atomic mass is 10.1. The van der Waals surface area contributed by atoms with Gasteiger partial charge in [-0.25, -0.2) is 0 Å². The standard InChI is InChI=1S/C7H18BNO/c1-9-5-2-3-6-10-7-4-8/h9H,2-8H2,1H3. The van der Waals surface area contributed by atoms with Gasteiger partial charge in [0.1, 0.15) is 7.85 Å². The fraction of sp³-hybridized carbons (Fsp3) is 1.00. The van der Waals surface area contributed by atoms with Crippen LogP contribution in [0.4, 0.5) is 0 Å². The van der Waals surface area contributed by atoms with Crippen molar-refractivity contribution in [1.82, 2.24) is 5.32 Å². The van der Waals surface area contributed by atoms with Gasteiger partial charge in [-0.3, -0.25) is 0 Å². The van der Waals surface area contributed by atoms with Crippen LogP contribution in [0.5, 0.6) is 0 Å². The van der Waals surface area contributed by atoms with Crippen molar-refractivity contribution in [3.8, 4) is 0 Å². The number of nitrogens with one attached hydrogen (secondary N) is 1. The van der Waals surface area contributed by atoms with Gasteiger partial charge in [0.2, 0.25) is 0 Å². The molecule has 0 amide bonds. The molecule has 10 heavy (non-hydrogen) atoms. The Kier molecular flexibility index (Phi) is 8.97. The molecule has 0 aliphatic rings. The highest BCUT2D eigenvalue weighted by molar-refractivity contribution is 6.08. The Morgan fingerprint density at radius 2 is 2.10 bits per heavy atom. The van der Waals surface area contributed by atoms with Crippen LogP contribution in [0.15, 0.2) is 0 Å². The molecule has 0 aliphatic heterocycles. The summed E-state index contributed by atoms with van der Waals surface area (Å²) in [6.07, 6.45) is 3.53. The fourth-order valence-electron chi connectivity index (χ4n) is 0.752. The first-order valence-electron chi connectivity index (χ1n) is 4.14. The summed E-state index contributed by atoms with van der Waals surface area (Å²) >= 11 is 0. The Balaban J connectivity index is 2.65. The van der Waals surface area contributed by atoms with Crippen LogP contribution >= 0.6 is 0 Å². The van der Waals surface area contributed by atoms with E-state index in [0.29, 0.717) is 0 Å². The smallest absolute Gasteiger partial charge is 0.104 e. The number of hydrogen-bond donors (Lipinski definition) is 1. The van der Waals surface area contributed by atoms with Crippen LogP contribution in [0.1, 0.15) is 12.8 Å². The minimum absolute atomic E-state index is 0.916. The van der Waals surface area contributed by atoms with E-state index in [1.54, 1.807) is 0 Å². The maximum Gasteiger partial charge on any atom is 0.104 e. The first-order chi connectivity index (χ1) is 4.91. The molecule has 0 atom stereocenters. The van der Waals surface area contributed by atoms with E-state index in [4.69, 9.17) is 4.74 Å². The molecule has 0 aromatic carbocycles. The van der Waals surface area contributed by atoms with Gasteiger partial charge >= 0.3 is 0 Å². The Hall–Kier alpha value is -0.0151. The van der Waals surface area contributed by atoms with Gasteiger partial charge in [-0.2, -0.15) is 0 Å². The largest absolute Gasteiger partial charge is 0.382 e. The third-order valence-electron chi connectivity index (χ3n) is 1.31. The van der Waals surface area contributed by atoms with Gasteiger partial charge in [0.05, 0.1) is 0 Å². The van der Waals surface area contributed by atoms with Gasteiger partial charge in [-0.05, 0) is 26.4 Å². The van der Waals surface area contributed by atoms with Crippen molar-refractivity contribution in [3.05, 3.63) is 0 Å². The second-order valence-electron chi connectivity index (χ2n) is 2.42. The Morgan fingerprint density at radius 3 is 2.70 bits per heavy atom. The lowest BCUT2D eigenvalue weighted by molar-refractivity contribution is 0.144. The summed E-state index contributed by atoms with van der Waals surface area (Å²) in [7, 11) is 4.11. The van der Waals surface area contributed by atoms with Crippen LogP contribution in [-0.2, 0) is 4.74 Å². The van der Waals surface area contributed by atoms with Crippen molar-refractivity contribution < 1.29 is 4.74 Å². The fourth-order valence-corrected chi connectivity index (χ4v) is 0.752. The molecule has 2 nitrogen and oxygen atoms in total. The van der Waals surface area contributed by atoms with Gasteiger partial charge in [0.25, 0.3) is 0 Å². The molecule has 0 bridgehead atoms. The molecule has 0 radical (unpaired) electrons. The molecule has 0 aliphatic carbocycles. The van der Waals surface area contributed by atoms with E-state index in [1.165, 1.54) is 12.8 Å². The molecule has 60 valence electrons. The first-order valence-corrected chi connectivity index (χ1v) is 4.14. The molecular formula is C7H18BNO. The zero-order valence-electron chi connectivity index (χ0n) is 7.15. The van der Waals surface area contributed by atoms with Gasteiger partial charge < -0.3 is 10.1 Å². The molecule has 3 heteroatoms. The third-order valence-corrected chi connectivity index (χ3v) is 1.31. The van der Waals surface area contributed by atoms with Gasteiger partial charge in [-0.1, -0.05) is 6.32 Å². The maximum atomic E-state index is 5.30.